The van der Waals surface area contributed by atoms with Gasteiger partial charge in [0.2, 0.25) is 0 Å². The standard InChI is InChI=1S/C19H21ClN6/c1-21-16-17(20)23-12-24-19(16)26-9-5-8-14(11-26)18-22-10-15(25-18)13-6-3-2-4-7-13/h2-4,6-7,10,12,14,21H,5,8-9,11H2,1H3,(H,22,25). The minimum Gasteiger partial charge on any atom is -0.383 e. The minimum absolute atomic E-state index is 0.333. The number of aromatic nitrogens is 4. The Morgan fingerprint density at radius 2 is 2.04 bits per heavy atom. The van der Waals surface area contributed by atoms with E-state index in [4.69, 9.17) is 11.6 Å². The molecule has 134 valence electrons. The quantitative estimate of drug-likeness (QED) is 0.682. The van der Waals surface area contributed by atoms with Crippen molar-refractivity contribution < 1.29 is 0 Å². The van der Waals surface area contributed by atoms with Crippen LogP contribution in [0.15, 0.2) is 42.9 Å². The van der Waals surface area contributed by atoms with Gasteiger partial charge in [-0.15, -0.1) is 0 Å². The maximum absolute atomic E-state index is 6.21. The van der Waals surface area contributed by atoms with Crippen LogP contribution in [0.2, 0.25) is 5.15 Å². The molecule has 1 aliphatic rings. The second-order valence-electron chi connectivity index (χ2n) is 6.45. The zero-order chi connectivity index (χ0) is 17.9. The van der Waals surface area contributed by atoms with Gasteiger partial charge in [-0.2, -0.15) is 0 Å². The third kappa shape index (κ3) is 3.24. The molecule has 7 heteroatoms. The Balaban J connectivity index is 1.56. The van der Waals surface area contributed by atoms with Crippen molar-refractivity contribution in [3.05, 3.63) is 53.8 Å². The molecule has 6 nitrogen and oxygen atoms in total. The number of hydrogen-bond acceptors (Lipinski definition) is 5. The van der Waals surface area contributed by atoms with Crippen molar-refractivity contribution in [2.45, 2.75) is 18.8 Å². The first-order valence-electron chi connectivity index (χ1n) is 8.79. The van der Waals surface area contributed by atoms with E-state index in [9.17, 15) is 0 Å². The molecule has 0 radical (unpaired) electrons. The Bertz CT molecular complexity index is 879. The highest BCUT2D eigenvalue weighted by Gasteiger charge is 2.26. The summed E-state index contributed by atoms with van der Waals surface area (Å²) < 4.78 is 0. The molecule has 0 spiro atoms. The molecule has 0 saturated carbocycles. The van der Waals surface area contributed by atoms with E-state index in [1.165, 1.54) is 6.33 Å². The molecule has 3 aromatic rings. The summed E-state index contributed by atoms with van der Waals surface area (Å²) >= 11 is 6.21. The number of halogens is 1. The number of aromatic amines is 1. The fourth-order valence-corrected chi connectivity index (χ4v) is 3.73. The number of piperidine rings is 1. The summed E-state index contributed by atoms with van der Waals surface area (Å²) in [5.74, 6) is 2.21. The van der Waals surface area contributed by atoms with E-state index in [0.717, 1.165) is 54.5 Å². The van der Waals surface area contributed by atoms with Crippen LogP contribution < -0.4 is 10.2 Å². The summed E-state index contributed by atoms with van der Waals surface area (Å²) in [6.45, 7) is 1.80. The van der Waals surface area contributed by atoms with Gasteiger partial charge in [-0.1, -0.05) is 41.9 Å². The fourth-order valence-electron chi connectivity index (χ4n) is 3.51. The molecule has 4 rings (SSSR count). The van der Waals surface area contributed by atoms with E-state index in [1.807, 2.05) is 31.4 Å². The second kappa shape index (κ2) is 7.33. The maximum Gasteiger partial charge on any atom is 0.157 e. The molecule has 1 fully saturated rings. The zero-order valence-electron chi connectivity index (χ0n) is 14.6. The predicted octanol–water partition coefficient (Wildman–Crippen LogP) is 3.95. The van der Waals surface area contributed by atoms with E-state index in [1.54, 1.807) is 0 Å². The lowest BCUT2D eigenvalue weighted by Gasteiger charge is -2.33. The van der Waals surface area contributed by atoms with E-state index >= 15 is 0 Å². The molecule has 26 heavy (non-hydrogen) atoms. The van der Waals surface area contributed by atoms with Crippen LogP contribution >= 0.6 is 11.6 Å². The van der Waals surface area contributed by atoms with Crippen molar-refractivity contribution in [1.29, 1.82) is 0 Å². The molecule has 0 bridgehead atoms. The number of benzene rings is 1. The lowest BCUT2D eigenvalue weighted by molar-refractivity contribution is 0.492. The molecule has 2 aromatic heterocycles. The first kappa shape index (κ1) is 16.8. The smallest absolute Gasteiger partial charge is 0.157 e. The van der Waals surface area contributed by atoms with Crippen LogP contribution in [0, 0.1) is 0 Å². The van der Waals surface area contributed by atoms with Crippen molar-refractivity contribution in [2.24, 2.45) is 0 Å². The third-order valence-corrected chi connectivity index (χ3v) is 5.11. The van der Waals surface area contributed by atoms with E-state index in [2.05, 4.69) is 42.3 Å². The number of nitrogens with one attached hydrogen (secondary N) is 2. The number of anilines is 2. The van der Waals surface area contributed by atoms with Gasteiger partial charge >= 0.3 is 0 Å². The van der Waals surface area contributed by atoms with Gasteiger partial charge in [-0.05, 0) is 18.4 Å². The molecular formula is C19H21ClN6. The molecule has 1 atom stereocenters. The van der Waals surface area contributed by atoms with Crippen molar-refractivity contribution in [3.63, 3.8) is 0 Å². The highest BCUT2D eigenvalue weighted by atomic mass is 35.5. The number of H-pyrrole nitrogens is 1. The van der Waals surface area contributed by atoms with Gasteiger partial charge in [-0.25, -0.2) is 15.0 Å². The van der Waals surface area contributed by atoms with E-state index in [-0.39, 0.29) is 0 Å². The molecule has 1 aliphatic heterocycles. The normalized spacial score (nSPS) is 17.3. The highest BCUT2D eigenvalue weighted by molar-refractivity contribution is 6.32. The number of hydrogen-bond donors (Lipinski definition) is 2. The van der Waals surface area contributed by atoms with Gasteiger partial charge < -0.3 is 15.2 Å². The second-order valence-corrected chi connectivity index (χ2v) is 6.80. The average molecular weight is 369 g/mol. The SMILES string of the molecule is CNc1c(Cl)ncnc1N1CCCC(c2ncc(-c3ccccc3)[nH]2)C1. The molecule has 2 N–H and O–H groups in total. The Morgan fingerprint density at radius 1 is 1.19 bits per heavy atom. The zero-order valence-corrected chi connectivity index (χ0v) is 15.4. The van der Waals surface area contributed by atoms with Gasteiger partial charge in [0.1, 0.15) is 17.8 Å². The van der Waals surface area contributed by atoms with Crippen LogP contribution in [-0.4, -0.2) is 40.1 Å². The highest BCUT2D eigenvalue weighted by Crippen LogP contribution is 2.34. The first-order chi connectivity index (χ1) is 12.8. The Morgan fingerprint density at radius 3 is 2.85 bits per heavy atom. The average Bonchev–Trinajstić information content (AvgIpc) is 3.19. The van der Waals surface area contributed by atoms with E-state index in [0.29, 0.717) is 11.1 Å². The molecule has 0 amide bonds. The Hall–Kier alpha value is -2.60. The largest absolute Gasteiger partial charge is 0.383 e. The maximum atomic E-state index is 6.21. The van der Waals surface area contributed by atoms with Crippen molar-refractivity contribution in [2.75, 3.05) is 30.4 Å². The van der Waals surface area contributed by atoms with Crippen molar-refractivity contribution in [3.8, 4) is 11.3 Å². The molecule has 1 unspecified atom stereocenters. The molecule has 1 aromatic carbocycles. The van der Waals surface area contributed by atoms with Crippen molar-refractivity contribution in [1.82, 2.24) is 19.9 Å². The summed E-state index contributed by atoms with van der Waals surface area (Å²) in [4.78, 5) is 18.9. The molecule has 3 heterocycles. The summed E-state index contributed by atoms with van der Waals surface area (Å²) in [5, 5.41) is 3.57. The fraction of sp³-hybridized carbons (Fsp3) is 0.316. The first-order valence-corrected chi connectivity index (χ1v) is 9.17. The van der Waals surface area contributed by atoms with Gasteiger partial charge in [-0.3, -0.25) is 0 Å². The minimum atomic E-state index is 0.333. The summed E-state index contributed by atoms with van der Waals surface area (Å²) in [7, 11) is 1.84. The Kier molecular flexibility index (Phi) is 4.75. The van der Waals surface area contributed by atoms with Gasteiger partial charge in [0.15, 0.2) is 11.0 Å². The lowest BCUT2D eigenvalue weighted by Crippen LogP contribution is -2.35. The number of imidazole rings is 1. The topological polar surface area (TPSA) is 69.7 Å². The van der Waals surface area contributed by atoms with Crippen molar-refractivity contribution >= 4 is 23.1 Å². The van der Waals surface area contributed by atoms with Crippen LogP contribution in [0.1, 0.15) is 24.6 Å². The Labute approximate surface area is 157 Å². The molecule has 1 saturated heterocycles. The summed E-state index contributed by atoms with van der Waals surface area (Å²) in [5.41, 5.74) is 2.98. The van der Waals surface area contributed by atoms with Crippen LogP contribution in [-0.2, 0) is 0 Å². The summed E-state index contributed by atoms with van der Waals surface area (Å²) in [6.07, 6.45) is 5.62. The van der Waals surface area contributed by atoms with E-state index < -0.39 is 0 Å². The van der Waals surface area contributed by atoms with Gasteiger partial charge in [0.25, 0.3) is 0 Å². The predicted molar refractivity (Wildman–Crippen MR) is 105 cm³/mol. The van der Waals surface area contributed by atoms with Gasteiger partial charge in [0, 0.05) is 26.1 Å². The lowest BCUT2D eigenvalue weighted by atomic mass is 9.97. The van der Waals surface area contributed by atoms with Crippen LogP contribution in [0.3, 0.4) is 0 Å². The molecule has 0 aliphatic carbocycles. The van der Waals surface area contributed by atoms with Crippen LogP contribution in [0.25, 0.3) is 11.3 Å². The van der Waals surface area contributed by atoms with Crippen LogP contribution in [0.5, 0.6) is 0 Å². The van der Waals surface area contributed by atoms with Crippen LogP contribution in [0.4, 0.5) is 11.5 Å². The monoisotopic (exact) mass is 368 g/mol. The van der Waals surface area contributed by atoms with Gasteiger partial charge in [0.05, 0.1) is 11.9 Å². The number of nitrogens with zero attached hydrogens (tertiary/aromatic N) is 4. The third-order valence-electron chi connectivity index (χ3n) is 4.82. The number of rotatable bonds is 4. The summed E-state index contributed by atoms with van der Waals surface area (Å²) in [6, 6.07) is 10.3. The molecular weight excluding hydrogens is 348 g/mol.